The van der Waals surface area contributed by atoms with Crippen LogP contribution in [0.1, 0.15) is 18.9 Å². The van der Waals surface area contributed by atoms with Crippen molar-refractivity contribution in [1.29, 1.82) is 0 Å². The standard InChI is InChI=1S/C15H25N3/c1-12-5-4-6-14(9-12)18-11-15(7-8-16)17(3)10-13(18)2/h4-6,9,13,15H,7-8,10-11,16H2,1-3H3. The molecule has 1 aliphatic rings. The molecule has 1 fully saturated rings. The maximum absolute atomic E-state index is 5.72. The number of rotatable bonds is 3. The molecule has 1 saturated heterocycles. The summed E-state index contributed by atoms with van der Waals surface area (Å²) in [6.07, 6.45) is 1.07. The third-order valence-electron chi connectivity index (χ3n) is 3.95. The van der Waals surface area contributed by atoms with Gasteiger partial charge >= 0.3 is 0 Å². The van der Waals surface area contributed by atoms with Crippen LogP contribution in [0, 0.1) is 6.92 Å². The molecular weight excluding hydrogens is 222 g/mol. The van der Waals surface area contributed by atoms with Crippen LogP contribution in [0.5, 0.6) is 0 Å². The fourth-order valence-electron chi connectivity index (χ4n) is 2.88. The van der Waals surface area contributed by atoms with Crippen LogP contribution in [0.25, 0.3) is 0 Å². The summed E-state index contributed by atoms with van der Waals surface area (Å²) in [6, 6.07) is 9.93. The molecular formula is C15H25N3. The Morgan fingerprint density at radius 2 is 2.11 bits per heavy atom. The van der Waals surface area contributed by atoms with E-state index in [4.69, 9.17) is 5.73 Å². The number of hydrogen-bond donors (Lipinski definition) is 1. The van der Waals surface area contributed by atoms with Gasteiger partial charge in [-0.2, -0.15) is 0 Å². The van der Waals surface area contributed by atoms with Crippen molar-refractivity contribution in [3.8, 4) is 0 Å². The lowest BCUT2D eigenvalue weighted by Gasteiger charge is -2.45. The normalized spacial score (nSPS) is 25.4. The summed E-state index contributed by atoms with van der Waals surface area (Å²) in [5, 5.41) is 0. The monoisotopic (exact) mass is 247 g/mol. The summed E-state index contributed by atoms with van der Waals surface area (Å²) < 4.78 is 0. The second-order valence-electron chi connectivity index (χ2n) is 5.51. The van der Waals surface area contributed by atoms with Gasteiger partial charge in [-0.1, -0.05) is 12.1 Å². The van der Waals surface area contributed by atoms with Gasteiger partial charge in [0.2, 0.25) is 0 Å². The van der Waals surface area contributed by atoms with Crippen LogP contribution in [0.4, 0.5) is 5.69 Å². The predicted molar refractivity (Wildman–Crippen MR) is 78.1 cm³/mol. The number of hydrogen-bond acceptors (Lipinski definition) is 3. The molecule has 2 N–H and O–H groups in total. The van der Waals surface area contributed by atoms with Crippen LogP contribution < -0.4 is 10.6 Å². The van der Waals surface area contributed by atoms with E-state index >= 15 is 0 Å². The topological polar surface area (TPSA) is 32.5 Å². The Hall–Kier alpha value is -1.06. The Balaban J connectivity index is 2.16. The maximum Gasteiger partial charge on any atom is 0.0389 e. The highest BCUT2D eigenvalue weighted by Gasteiger charge is 2.28. The van der Waals surface area contributed by atoms with Crippen LogP contribution in [-0.2, 0) is 0 Å². The first kappa shape index (κ1) is 13.4. The number of nitrogens with zero attached hydrogens (tertiary/aromatic N) is 2. The number of nitrogens with two attached hydrogens (primary N) is 1. The quantitative estimate of drug-likeness (QED) is 0.885. The summed E-state index contributed by atoms with van der Waals surface area (Å²) in [6.45, 7) is 7.42. The minimum Gasteiger partial charge on any atom is -0.366 e. The minimum absolute atomic E-state index is 0.561. The lowest BCUT2D eigenvalue weighted by atomic mass is 10.0. The lowest BCUT2D eigenvalue weighted by Crippen LogP contribution is -2.56. The summed E-state index contributed by atoms with van der Waals surface area (Å²) in [5.41, 5.74) is 8.39. The molecule has 1 aromatic carbocycles. The highest BCUT2D eigenvalue weighted by atomic mass is 15.3. The molecule has 2 atom stereocenters. The van der Waals surface area contributed by atoms with Gasteiger partial charge in [-0.25, -0.2) is 0 Å². The van der Waals surface area contributed by atoms with Gasteiger partial charge in [0.1, 0.15) is 0 Å². The van der Waals surface area contributed by atoms with Crippen molar-refractivity contribution in [2.75, 3.05) is 31.6 Å². The average Bonchev–Trinajstić information content (AvgIpc) is 2.33. The van der Waals surface area contributed by atoms with Crippen LogP contribution in [0.2, 0.25) is 0 Å². The van der Waals surface area contributed by atoms with Gasteiger partial charge in [-0.15, -0.1) is 0 Å². The van der Waals surface area contributed by atoms with Crippen molar-refractivity contribution in [3.63, 3.8) is 0 Å². The summed E-state index contributed by atoms with van der Waals surface area (Å²) in [5.74, 6) is 0. The molecule has 0 radical (unpaired) electrons. The van der Waals surface area contributed by atoms with Gasteiger partial charge in [0.15, 0.2) is 0 Å². The number of piperazine rings is 1. The highest BCUT2D eigenvalue weighted by molar-refractivity contribution is 5.50. The Kier molecular flexibility index (Phi) is 4.25. The number of likely N-dealkylation sites (N-methyl/N-ethyl adjacent to an activating group) is 1. The van der Waals surface area contributed by atoms with Gasteiger partial charge < -0.3 is 10.6 Å². The zero-order chi connectivity index (χ0) is 13.1. The second kappa shape index (κ2) is 5.72. The van der Waals surface area contributed by atoms with Crippen molar-refractivity contribution in [2.45, 2.75) is 32.4 Å². The predicted octanol–water partition coefficient (Wildman–Crippen LogP) is 1.85. The molecule has 0 amide bonds. The smallest absolute Gasteiger partial charge is 0.0389 e. The lowest BCUT2D eigenvalue weighted by molar-refractivity contribution is 0.185. The van der Waals surface area contributed by atoms with E-state index in [1.807, 2.05) is 0 Å². The first-order chi connectivity index (χ1) is 8.61. The van der Waals surface area contributed by atoms with Gasteiger partial charge in [-0.3, -0.25) is 4.90 Å². The average molecular weight is 247 g/mol. The first-order valence-electron chi connectivity index (χ1n) is 6.85. The van der Waals surface area contributed by atoms with Gasteiger partial charge in [0.05, 0.1) is 0 Å². The zero-order valence-corrected chi connectivity index (χ0v) is 11.8. The Labute approximate surface area is 111 Å². The van der Waals surface area contributed by atoms with Crippen LogP contribution in [-0.4, -0.2) is 43.7 Å². The molecule has 2 rings (SSSR count). The molecule has 3 nitrogen and oxygen atoms in total. The molecule has 0 aliphatic carbocycles. The molecule has 0 aromatic heterocycles. The second-order valence-corrected chi connectivity index (χ2v) is 5.51. The maximum atomic E-state index is 5.72. The van der Waals surface area contributed by atoms with E-state index in [2.05, 4.69) is 55.0 Å². The van der Waals surface area contributed by atoms with E-state index in [-0.39, 0.29) is 0 Å². The Morgan fingerprint density at radius 3 is 2.78 bits per heavy atom. The first-order valence-corrected chi connectivity index (χ1v) is 6.85. The van der Waals surface area contributed by atoms with E-state index in [0.717, 1.165) is 26.1 Å². The van der Waals surface area contributed by atoms with Gasteiger partial charge in [0, 0.05) is 30.9 Å². The molecule has 0 bridgehead atoms. The summed E-state index contributed by atoms with van der Waals surface area (Å²) in [4.78, 5) is 4.97. The van der Waals surface area contributed by atoms with Crippen LogP contribution >= 0.6 is 0 Å². The summed E-state index contributed by atoms with van der Waals surface area (Å²) >= 11 is 0. The molecule has 18 heavy (non-hydrogen) atoms. The largest absolute Gasteiger partial charge is 0.366 e. The van der Waals surface area contributed by atoms with E-state index in [1.54, 1.807) is 0 Å². The van der Waals surface area contributed by atoms with Crippen LogP contribution in [0.3, 0.4) is 0 Å². The molecule has 100 valence electrons. The number of anilines is 1. The Morgan fingerprint density at radius 1 is 1.33 bits per heavy atom. The summed E-state index contributed by atoms with van der Waals surface area (Å²) in [7, 11) is 2.21. The van der Waals surface area contributed by atoms with Crippen molar-refractivity contribution in [3.05, 3.63) is 29.8 Å². The van der Waals surface area contributed by atoms with Gasteiger partial charge in [0.25, 0.3) is 0 Å². The molecule has 1 heterocycles. The van der Waals surface area contributed by atoms with Crippen molar-refractivity contribution < 1.29 is 0 Å². The molecule has 0 saturated carbocycles. The highest BCUT2D eigenvalue weighted by Crippen LogP contribution is 2.24. The third kappa shape index (κ3) is 2.85. The third-order valence-corrected chi connectivity index (χ3v) is 3.95. The fraction of sp³-hybridized carbons (Fsp3) is 0.600. The van der Waals surface area contributed by atoms with Gasteiger partial charge in [-0.05, 0) is 51.6 Å². The molecule has 1 aromatic rings. The molecule has 2 unspecified atom stereocenters. The van der Waals surface area contributed by atoms with E-state index in [9.17, 15) is 0 Å². The number of aryl methyl sites for hydroxylation is 1. The molecule has 0 spiro atoms. The van der Waals surface area contributed by atoms with Crippen molar-refractivity contribution in [2.24, 2.45) is 5.73 Å². The number of benzene rings is 1. The Bertz CT molecular complexity index is 391. The molecule has 3 heteroatoms. The van der Waals surface area contributed by atoms with Crippen LogP contribution in [0.15, 0.2) is 24.3 Å². The van der Waals surface area contributed by atoms with E-state index in [1.165, 1.54) is 11.3 Å². The fourth-order valence-corrected chi connectivity index (χ4v) is 2.88. The SMILES string of the molecule is Cc1cccc(N2CC(CCN)N(C)CC2C)c1. The van der Waals surface area contributed by atoms with Crippen molar-refractivity contribution >= 4 is 5.69 Å². The molecule has 1 aliphatic heterocycles. The van der Waals surface area contributed by atoms with Crippen molar-refractivity contribution in [1.82, 2.24) is 4.90 Å². The van der Waals surface area contributed by atoms with E-state index in [0.29, 0.717) is 12.1 Å². The minimum atomic E-state index is 0.561. The zero-order valence-electron chi connectivity index (χ0n) is 11.8. The van der Waals surface area contributed by atoms with E-state index < -0.39 is 0 Å².